The molecule has 0 bridgehead atoms. The Hall–Kier alpha value is -1.87. The molecule has 0 radical (unpaired) electrons. The molecule has 2 rings (SSSR count). The van der Waals surface area contributed by atoms with Gasteiger partial charge in [0.05, 0.1) is 18.0 Å². The summed E-state index contributed by atoms with van der Waals surface area (Å²) in [6.07, 6.45) is 1.81. The molecule has 0 saturated carbocycles. The Morgan fingerprint density at radius 3 is 2.55 bits per heavy atom. The maximum absolute atomic E-state index is 9.72. The van der Waals surface area contributed by atoms with Gasteiger partial charge in [-0.2, -0.15) is 0 Å². The highest BCUT2D eigenvalue weighted by atomic mass is 16.5. The lowest BCUT2D eigenvalue weighted by Crippen LogP contribution is -1.99. The summed E-state index contributed by atoms with van der Waals surface area (Å²) in [4.78, 5) is 4.25. The molecule has 0 aliphatic carbocycles. The van der Waals surface area contributed by atoms with E-state index in [0.29, 0.717) is 17.9 Å². The fourth-order valence-corrected chi connectivity index (χ4v) is 2.09. The van der Waals surface area contributed by atoms with Gasteiger partial charge in [-0.1, -0.05) is 13.0 Å². The second kappa shape index (κ2) is 6.06. The zero-order valence-electron chi connectivity index (χ0n) is 12.5. The van der Waals surface area contributed by atoms with E-state index < -0.39 is 6.10 Å². The minimum absolute atomic E-state index is 0.507. The Morgan fingerprint density at radius 2 is 1.95 bits per heavy atom. The van der Waals surface area contributed by atoms with Crippen molar-refractivity contribution in [2.24, 2.45) is 0 Å². The predicted molar refractivity (Wildman–Crippen MR) is 80.2 cm³/mol. The topological polar surface area (TPSA) is 42.4 Å². The monoisotopic (exact) mass is 271 g/mol. The van der Waals surface area contributed by atoms with Gasteiger partial charge >= 0.3 is 0 Å². The van der Waals surface area contributed by atoms with Crippen molar-refractivity contribution in [3.05, 3.63) is 52.8 Å². The van der Waals surface area contributed by atoms with Crippen molar-refractivity contribution in [2.75, 3.05) is 0 Å². The Balaban J connectivity index is 2.22. The van der Waals surface area contributed by atoms with Crippen LogP contribution < -0.4 is 4.74 Å². The Bertz CT molecular complexity index is 591. The maximum Gasteiger partial charge on any atom is 0.145 e. The van der Waals surface area contributed by atoms with Crippen LogP contribution in [0.5, 0.6) is 11.5 Å². The van der Waals surface area contributed by atoms with E-state index in [2.05, 4.69) is 24.9 Å². The lowest BCUT2D eigenvalue weighted by molar-refractivity contribution is 0.169. The summed E-state index contributed by atoms with van der Waals surface area (Å²) in [5.41, 5.74) is 4.20. The molecule has 3 nitrogen and oxygen atoms in total. The van der Waals surface area contributed by atoms with Gasteiger partial charge in [0.25, 0.3) is 0 Å². The van der Waals surface area contributed by atoms with E-state index in [1.807, 2.05) is 32.0 Å². The van der Waals surface area contributed by atoms with Gasteiger partial charge in [-0.05, 0) is 62.1 Å². The number of aryl methyl sites for hydroxylation is 2. The largest absolute Gasteiger partial charge is 0.455 e. The summed E-state index contributed by atoms with van der Waals surface area (Å²) < 4.78 is 5.90. The quantitative estimate of drug-likeness (QED) is 0.904. The molecule has 0 aliphatic rings. The van der Waals surface area contributed by atoms with Crippen molar-refractivity contribution in [3.63, 3.8) is 0 Å². The zero-order chi connectivity index (χ0) is 14.7. The van der Waals surface area contributed by atoms with Gasteiger partial charge in [0.2, 0.25) is 0 Å². The normalized spacial score (nSPS) is 12.2. The first kappa shape index (κ1) is 14.5. The van der Waals surface area contributed by atoms with Gasteiger partial charge in [-0.25, -0.2) is 0 Å². The van der Waals surface area contributed by atoms with Gasteiger partial charge in [-0.15, -0.1) is 0 Å². The number of nitrogens with zero attached hydrogens (tertiary/aromatic N) is 1. The molecule has 3 heteroatoms. The number of rotatable bonds is 4. The van der Waals surface area contributed by atoms with Crippen LogP contribution in [0.4, 0.5) is 0 Å². The molecule has 0 saturated heterocycles. The molecule has 2 aromatic rings. The van der Waals surface area contributed by atoms with Crippen LogP contribution in [0.25, 0.3) is 0 Å². The van der Waals surface area contributed by atoms with Crippen molar-refractivity contribution in [3.8, 4) is 11.5 Å². The molecule has 0 amide bonds. The number of ether oxygens (including phenoxy) is 1. The molecule has 1 aromatic carbocycles. The third kappa shape index (κ3) is 3.17. The highest BCUT2D eigenvalue weighted by Crippen LogP contribution is 2.28. The van der Waals surface area contributed by atoms with E-state index in [9.17, 15) is 5.11 Å². The predicted octanol–water partition coefficient (Wildman–Crippen LogP) is 4.24. The van der Waals surface area contributed by atoms with Crippen LogP contribution in [0.3, 0.4) is 0 Å². The van der Waals surface area contributed by atoms with Crippen molar-refractivity contribution in [1.29, 1.82) is 0 Å². The molecule has 106 valence electrons. The fourth-order valence-electron chi connectivity index (χ4n) is 2.09. The number of hydrogen-bond acceptors (Lipinski definition) is 3. The molecule has 0 unspecified atom stereocenters. The van der Waals surface area contributed by atoms with Crippen molar-refractivity contribution < 1.29 is 9.84 Å². The van der Waals surface area contributed by atoms with Gasteiger partial charge in [0.15, 0.2) is 0 Å². The SMILES string of the molecule is CC[C@H](O)c1ccc(Oc2cc(C)cc(C)c2C)cn1. The van der Waals surface area contributed by atoms with Crippen LogP contribution in [0.1, 0.15) is 41.8 Å². The summed E-state index contributed by atoms with van der Waals surface area (Å²) in [7, 11) is 0. The third-order valence-electron chi connectivity index (χ3n) is 3.48. The van der Waals surface area contributed by atoms with Crippen molar-refractivity contribution in [1.82, 2.24) is 4.98 Å². The first-order chi connectivity index (χ1) is 9.51. The van der Waals surface area contributed by atoms with E-state index in [1.165, 1.54) is 11.1 Å². The molecule has 1 atom stereocenters. The van der Waals surface area contributed by atoms with E-state index >= 15 is 0 Å². The van der Waals surface area contributed by atoms with E-state index in [1.54, 1.807) is 6.20 Å². The number of aliphatic hydroxyl groups excluding tert-OH is 1. The van der Waals surface area contributed by atoms with Crippen LogP contribution in [0, 0.1) is 20.8 Å². The summed E-state index contributed by atoms with van der Waals surface area (Å²) in [6, 6.07) is 7.82. The summed E-state index contributed by atoms with van der Waals surface area (Å²) in [6.45, 7) is 8.11. The van der Waals surface area contributed by atoms with Crippen LogP contribution in [0.15, 0.2) is 30.5 Å². The van der Waals surface area contributed by atoms with E-state index in [-0.39, 0.29) is 0 Å². The summed E-state index contributed by atoms with van der Waals surface area (Å²) in [5.74, 6) is 1.54. The Kier molecular flexibility index (Phi) is 4.40. The average molecular weight is 271 g/mol. The molecule has 0 spiro atoms. The minimum atomic E-state index is -0.507. The minimum Gasteiger partial charge on any atom is -0.455 e. The van der Waals surface area contributed by atoms with Crippen LogP contribution in [-0.4, -0.2) is 10.1 Å². The van der Waals surface area contributed by atoms with Crippen LogP contribution >= 0.6 is 0 Å². The smallest absolute Gasteiger partial charge is 0.145 e. The molecule has 0 fully saturated rings. The lowest BCUT2D eigenvalue weighted by atomic mass is 10.1. The van der Waals surface area contributed by atoms with Gasteiger partial charge in [-0.3, -0.25) is 4.98 Å². The maximum atomic E-state index is 9.72. The van der Waals surface area contributed by atoms with E-state index in [0.717, 1.165) is 11.3 Å². The summed E-state index contributed by atoms with van der Waals surface area (Å²) >= 11 is 0. The molecule has 1 N–H and O–H groups in total. The number of aromatic nitrogens is 1. The Labute approximate surface area is 120 Å². The molecule has 1 aromatic heterocycles. The molecule has 0 aliphatic heterocycles. The standard InChI is InChI=1S/C17H21NO2/c1-5-16(19)15-7-6-14(10-18-15)20-17-9-11(2)8-12(3)13(17)4/h6-10,16,19H,5H2,1-4H3/t16-/m0/s1. The van der Waals surface area contributed by atoms with Gasteiger partial charge < -0.3 is 9.84 Å². The van der Waals surface area contributed by atoms with Crippen molar-refractivity contribution >= 4 is 0 Å². The number of hydrogen-bond donors (Lipinski definition) is 1. The van der Waals surface area contributed by atoms with Gasteiger partial charge in [0, 0.05) is 0 Å². The average Bonchev–Trinajstić information content (AvgIpc) is 2.44. The van der Waals surface area contributed by atoms with E-state index in [4.69, 9.17) is 4.74 Å². The second-order valence-corrected chi connectivity index (χ2v) is 5.15. The number of aliphatic hydroxyl groups is 1. The highest BCUT2D eigenvalue weighted by Gasteiger charge is 2.08. The van der Waals surface area contributed by atoms with Gasteiger partial charge in [0.1, 0.15) is 11.5 Å². The fraction of sp³-hybridized carbons (Fsp3) is 0.353. The highest BCUT2D eigenvalue weighted by molar-refractivity contribution is 5.44. The Morgan fingerprint density at radius 1 is 1.20 bits per heavy atom. The number of pyridine rings is 1. The summed E-state index contributed by atoms with van der Waals surface area (Å²) in [5, 5.41) is 9.72. The molecular weight excluding hydrogens is 250 g/mol. The zero-order valence-corrected chi connectivity index (χ0v) is 12.5. The molecule has 20 heavy (non-hydrogen) atoms. The van der Waals surface area contributed by atoms with Crippen LogP contribution in [-0.2, 0) is 0 Å². The first-order valence-electron chi connectivity index (χ1n) is 6.91. The second-order valence-electron chi connectivity index (χ2n) is 5.15. The molecular formula is C17H21NO2. The van der Waals surface area contributed by atoms with Crippen molar-refractivity contribution in [2.45, 2.75) is 40.2 Å². The lowest BCUT2D eigenvalue weighted by Gasteiger charge is -2.13. The number of benzene rings is 1. The van der Waals surface area contributed by atoms with Crippen LogP contribution in [0.2, 0.25) is 0 Å². The first-order valence-corrected chi connectivity index (χ1v) is 6.91. The molecule has 1 heterocycles. The third-order valence-corrected chi connectivity index (χ3v) is 3.48.